The first-order valence-corrected chi connectivity index (χ1v) is 7.65. The van der Waals surface area contributed by atoms with Crippen LogP contribution in [-0.2, 0) is 16.1 Å². The number of rotatable bonds is 2. The normalized spacial score (nSPS) is 17.2. The maximum Gasteiger partial charge on any atom is 0.417 e. The topological polar surface area (TPSA) is 49.9 Å². The molecule has 1 heterocycles. The molecule has 0 aliphatic carbocycles. The van der Waals surface area contributed by atoms with E-state index >= 15 is 0 Å². The molecule has 0 radical (unpaired) electrons. The zero-order valence-corrected chi connectivity index (χ0v) is 13.5. The van der Waals surface area contributed by atoms with Crippen LogP contribution in [0.4, 0.5) is 4.79 Å². The average Bonchev–Trinajstić information content (AvgIpc) is 2.61. The molecule has 5 nitrogen and oxygen atoms in total. The van der Waals surface area contributed by atoms with Gasteiger partial charge in [-0.05, 0) is 26.3 Å². The Bertz CT molecular complexity index is 522. The first-order valence-electron chi connectivity index (χ1n) is 7.65. The predicted octanol–water partition coefficient (Wildman–Crippen LogP) is 2.66. The molecule has 2 amide bonds. The van der Waals surface area contributed by atoms with E-state index in [2.05, 4.69) is 17.0 Å². The molecule has 0 aromatic heterocycles. The van der Waals surface area contributed by atoms with Crippen molar-refractivity contribution in [1.29, 1.82) is 0 Å². The number of imide groups is 1. The number of amides is 2. The van der Waals surface area contributed by atoms with Crippen molar-refractivity contribution in [3.63, 3.8) is 0 Å². The molecule has 0 unspecified atom stereocenters. The fraction of sp³-hybridized carbons (Fsp3) is 0.529. The lowest BCUT2D eigenvalue weighted by atomic mass is 10.2. The molecule has 5 heteroatoms. The van der Waals surface area contributed by atoms with Crippen molar-refractivity contribution in [1.82, 2.24) is 9.80 Å². The van der Waals surface area contributed by atoms with Crippen molar-refractivity contribution >= 4 is 12.0 Å². The summed E-state index contributed by atoms with van der Waals surface area (Å²) in [6, 6.07) is 10.1. The summed E-state index contributed by atoms with van der Waals surface area (Å²) in [6.07, 6.45) is -0.203. The first-order chi connectivity index (χ1) is 10.3. The number of hydrogen-bond acceptors (Lipinski definition) is 4. The molecule has 0 N–H and O–H groups in total. The smallest absolute Gasteiger partial charge is 0.417 e. The average molecular weight is 304 g/mol. The molecule has 1 aromatic carbocycles. The van der Waals surface area contributed by atoms with Crippen LogP contribution >= 0.6 is 0 Å². The predicted molar refractivity (Wildman–Crippen MR) is 84.3 cm³/mol. The molecule has 0 spiro atoms. The molecule has 1 saturated heterocycles. The summed E-state index contributed by atoms with van der Waals surface area (Å²) >= 11 is 0. The Kier molecular flexibility index (Phi) is 5.19. The largest absolute Gasteiger partial charge is 0.443 e. The van der Waals surface area contributed by atoms with Gasteiger partial charge in [-0.25, -0.2) is 9.69 Å². The monoisotopic (exact) mass is 304 g/mol. The van der Waals surface area contributed by atoms with E-state index in [-0.39, 0.29) is 5.91 Å². The van der Waals surface area contributed by atoms with Gasteiger partial charge < -0.3 is 4.74 Å². The third-order valence-corrected chi connectivity index (χ3v) is 3.45. The second kappa shape index (κ2) is 6.92. The van der Waals surface area contributed by atoms with Gasteiger partial charge in [0.1, 0.15) is 5.60 Å². The van der Waals surface area contributed by atoms with Gasteiger partial charge in [0, 0.05) is 32.6 Å². The lowest BCUT2D eigenvalue weighted by Crippen LogP contribution is -2.41. The van der Waals surface area contributed by atoms with Gasteiger partial charge in [-0.3, -0.25) is 9.69 Å². The van der Waals surface area contributed by atoms with E-state index < -0.39 is 11.7 Å². The maximum atomic E-state index is 12.1. The fourth-order valence-electron chi connectivity index (χ4n) is 2.38. The van der Waals surface area contributed by atoms with Crippen LogP contribution < -0.4 is 0 Å². The third-order valence-electron chi connectivity index (χ3n) is 3.45. The summed E-state index contributed by atoms with van der Waals surface area (Å²) in [4.78, 5) is 27.7. The van der Waals surface area contributed by atoms with Gasteiger partial charge in [0.2, 0.25) is 5.91 Å². The second-order valence-corrected chi connectivity index (χ2v) is 6.54. The van der Waals surface area contributed by atoms with Crippen LogP contribution in [0.25, 0.3) is 0 Å². The standard InChI is InChI=1S/C17H24N2O3/c1-17(2,3)22-16(21)19-12-11-18(10-9-15(19)20)13-14-7-5-4-6-8-14/h4-8H,9-13H2,1-3H3. The number of carbonyl (C=O) groups excluding carboxylic acids is 2. The molecule has 1 aliphatic rings. The Morgan fingerprint density at radius 1 is 1.14 bits per heavy atom. The van der Waals surface area contributed by atoms with Crippen molar-refractivity contribution in [2.24, 2.45) is 0 Å². The number of hydrogen-bond donors (Lipinski definition) is 0. The molecule has 1 aromatic rings. The van der Waals surface area contributed by atoms with Gasteiger partial charge in [0.05, 0.1) is 0 Å². The van der Waals surface area contributed by atoms with Crippen LogP contribution in [-0.4, -0.2) is 47.0 Å². The molecule has 22 heavy (non-hydrogen) atoms. The van der Waals surface area contributed by atoms with Crippen molar-refractivity contribution in [2.75, 3.05) is 19.6 Å². The van der Waals surface area contributed by atoms with Crippen LogP contribution in [0.2, 0.25) is 0 Å². The highest BCUT2D eigenvalue weighted by Crippen LogP contribution is 2.14. The van der Waals surface area contributed by atoms with Crippen molar-refractivity contribution in [3.8, 4) is 0 Å². The minimum Gasteiger partial charge on any atom is -0.443 e. The van der Waals surface area contributed by atoms with Crippen LogP contribution in [0.5, 0.6) is 0 Å². The van der Waals surface area contributed by atoms with E-state index in [1.54, 1.807) is 20.8 Å². The summed E-state index contributed by atoms with van der Waals surface area (Å²) in [5.41, 5.74) is 0.619. The highest BCUT2D eigenvalue weighted by atomic mass is 16.6. The maximum absolute atomic E-state index is 12.1. The number of nitrogens with zero attached hydrogens (tertiary/aromatic N) is 2. The zero-order chi connectivity index (χ0) is 16.2. The highest BCUT2D eigenvalue weighted by molar-refractivity contribution is 5.92. The van der Waals surface area contributed by atoms with Gasteiger partial charge in [-0.1, -0.05) is 30.3 Å². The van der Waals surface area contributed by atoms with E-state index in [9.17, 15) is 9.59 Å². The lowest BCUT2D eigenvalue weighted by molar-refractivity contribution is -0.129. The molecule has 0 atom stereocenters. The zero-order valence-electron chi connectivity index (χ0n) is 13.5. The number of benzene rings is 1. The van der Waals surface area contributed by atoms with E-state index in [0.29, 0.717) is 26.1 Å². The highest BCUT2D eigenvalue weighted by Gasteiger charge is 2.29. The summed E-state index contributed by atoms with van der Waals surface area (Å²) < 4.78 is 5.30. The van der Waals surface area contributed by atoms with Crippen LogP contribution in [0.3, 0.4) is 0 Å². The Morgan fingerprint density at radius 3 is 2.45 bits per heavy atom. The minimum atomic E-state index is -0.590. The van der Waals surface area contributed by atoms with Crippen molar-refractivity contribution in [3.05, 3.63) is 35.9 Å². The Balaban J connectivity index is 1.95. The molecule has 1 fully saturated rings. The molecule has 2 rings (SSSR count). The van der Waals surface area contributed by atoms with Crippen LogP contribution in [0.15, 0.2) is 30.3 Å². The van der Waals surface area contributed by atoms with E-state index in [0.717, 1.165) is 6.54 Å². The van der Waals surface area contributed by atoms with Gasteiger partial charge in [0.25, 0.3) is 0 Å². The SMILES string of the molecule is CC(C)(C)OC(=O)N1CCN(Cc2ccccc2)CCC1=O. The summed E-state index contributed by atoms with van der Waals surface area (Å²) in [5.74, 6) is -0.162. The van der Waals surface area contributed by atoms with E-state index in [4.69, 9.17) is 4.74 Å². The van der Waals surface area contributed by atoms with Gasteiger partial charge in [0.15, 0.2) is 0 Å². The lowest BCUT2D eigenvalue weighted by Gasteiger charge is -2.25. The summed E-state index contributed by atoms with van der Waals surface area (Å²) in [5, 5.41) is 0. The molecule has 120 valence electrons. The molecule has 1 aliphatic heterocycles. The third kappa shape index (κ3) is 4.84. The summed E-state index contributed by atoms with van der Waals surface area (Å²) in [6.45, 7) is 7.89. The Morgan fingerprint density at radius 2 is 1.82 bits per heavy atom. The van der Waals surface area contributed by atoms with E-state index in [1.807, 2.05) is 18.2 Å². The molecular formula is C17H24N2O3. The van der Waals surface area contributed by atoms with Crippen molar-refractivity contribution in [2.45, 2.75) is 39.3 Å². The van der Waals surface area contributed by atoms with Crippen LogP contribution in [0.1, 0.15) is 32.8 Å². The quantitative estimate of drug-likeness (QED) is 0.843. The first kappa shape index (κ1) is 16.5. The fourth-order valence-corrected chi connectivity index (χ4v) is 2.38. The molecular weight excluding hydrogens is 280 g/mol. The van der Waals surface area contributed by atoms with Crippen LogP contribution in [0, 0.1) is 0 Å². The second-order valence-electron chi connectivity index (χ2n) is 6.54. The Hall–Kier alpha value is -1.88. The van der Waals surface area contributed by atoms with Crippen molar-refractivity contribution < 1.29 is 14.3 Å². The van der Waals surface area contributed by atoms with E-state index in [1.165, 1.54) is 10.5 Å². The van der Waals surface area contributed by atoms with Gasteiger partial charge in [-0.15, -0.1) is 0 Å². The number of ether oxygens (including phenoxy) is 1. The van der Waals surface area contributed by atoms with Gasteiger partial charge in [-0.2, -0.15) is 0 Å². The number of carbonyl (C=O) groups is 2. The molecule has 0 bridgehead atoms. The minimum absolute atomic E-state index is 0.162. The molecule has 0 saturated carbocycles. The van der Waals surface area contributed by atoms with Gasteiger partial charge >= 0.3 is 6.09 Å². The summed E-state index contributed by atoms with van der Waals surface area (Å²) in [7, 11) is 0. The Labute approximate surface area is 131 Å².